The van der Waals surface area contributed by atoms with Crippen LogP contribution in [0.25, 0.3) is 11.4 Å². The zero-order valence-corrected chi connectivity index (χ0v) is 12.7. The van der Waals surface area contributed by atoms with Crippen molar-refractivity contribution in [2.24, 2.45) is 5.73 Å². The van der Waals surface area contributed by atoms with Crippen LogP contribution in [0.3, 0.4) is 0 Å². The van der Waals surface area contributed by atoms with Crippen molar-refractivity contribution in [1.82, 2.24) is 25.5 Å². The molecule has 3 N–H and O–H groups in total. The molecule has 0 saturated heterocycles. The summed E-state index contributed by atoms with van der Waals surface area (Å²) < 4.78 is 4.90. The lowest BCUT2D eigenvalue weighted by atomic mass is 10.1. The van der Waals surface area contributed by atoms with Crippen LogP contribution < -0.4 is 11.1 Å². The SMILES string of the molecule is COCCCNC(=O)Cn1nnc(-c2ccc(C(N)=O)cc2)n1. The molecule has 0 aliphatic heterocycles. The number of methoxy groups -OCH3 is 1. The number of ether oxygens (including phenoxy) is 1. The second kappa shape index (κ2) is 7.99. The summed E-state index contributed by atoms with van der Waals surface area (Å²) in [6.45, 7) is 1.11. The van der Waals surface area contributed by atoms with Crippen molar-refractivity contribution in [1.29, 1.82) is 0 Å². The fourth-order valence-corrected chi connectivity index (χ4v) is 1.84. The number of primary amides is 1. The fraction of sp³-hybridized carbons (Fsp3) is 0.357. The van der Waals surface area contributed by atoms with Gasteiger partial charge in [-0.15, -0.1) is 10.2 Å². The number of hydrogen-bond donors (Lipinski definition) is 2. The Kier molecular flexibility index (Phi) is 5.75. The van der Waals surface area contributed by atoms with E-state index in [1.807, 2.05) is 0 Å². The van der Waals surface area contributed by atoms with Gasteiger partial charge in [-0.05, 0) is 23.8 Å². The van der Waals surface area contributed by atoms with E-state index in [9.17, 15) is 9.59 Å². The minimum atomic E-state index is -0.502. The second-order valence-electron chi connectivity index (χ2n) is 4.78. The first-order valence-corrected chi connectivity index (χ1v) is 7.04. The van der Waals surface area contributed by atoms with Gasteiger partial charge in [-0.2, -0.15) is 4.80 Å². The van der Waals surface area contributed by atoms with Crippen LogP contribution >= 0.6 is 0 Å². The quantitative estimate of drug-likeness (QED) is 0.638. The Hall–Kier alpha value is -2.81. The Morgan fingerprint density at radius 3 is 2.70 bits per heavy atom. The van der Waals surface area contributed by atoms with Crippen molar-refractivity contribution in [2.45, 2.75) is 13.0 Å². The third-order valence-electron chi connectivity index (χ3n) is 3.01. The highest BCUT2D eigenvalue weighted by Gasteiger charge is 2.09. The van der Waals surface area contributed by atoms with E-state index in [0.29, 0.717) is 30.1 Å². The number of aromatic nitrogens is 4. The molecule has 9 nitrogen and oxygen atoms in total. The topological polar surface area (TPSA) is 125 Å². The van der Waals surface area contributed by atoms with Gasteiger partial charge in [0.1, 0.15) is 6.54 Å². The number of tetrazole rings is 1. The lowest BCUT2D eigenvalue weighted by molar-refractivity contribution is -0.122. The second-order valence-corrected chi connectivity index (χ2v) is 4.78. The van der Waals surface area contributed by atoms with Crippen molar-refractivity contribution in [2.75, 3.05) is 20.3 Å². The maximum atomic E-state index is 11.7. The number of hydrogen-bond acceptors (Lipinski definition) is 6. The van der Waals surface area contributed by atoms with Gasteiger partial charge >= 0.3 is 0 Å². The average Bonchev–Trinajstić information content (AvgIpc) is 3.00. The van der Waals surface area contributed by atoms with E-state index in [1.54, 1.807) is 31.4 Å². The maximum Gasteiger partial charge on any atom is 0.248 e. The number of nitrogens with two attached hydrogens (primary N) is 1. The summed E-state index contributed by atoms with van der Waals surface area (Å²) in [6.07, 6.45) is 0.741. The van der Waals surface area contributed by atoms with Gasteiger partial charge in [-0.1, -0.05) is 12.1 Å². The van der Waals surface area contributed by atoms with E-state index < -0.39 is 5.91 Å². The van der Waals surface area contributed by atoms with Crippen LogP contribution in [0.2, 0.25) is 0 Å². The third-order valence-corrected chi connectivity index (χ3v) is 3.01. The highest BCUT2D eigenvalue weighted by Crippen LogP contribution is 2.14. The number of amides is 2. The number of rotatable bonds is 8. The van der Waals surface area contributed by atoms with Crippen molar-refractivity contribution in [3.05, 3.63) is 29.8 Å². The molecule has 9 heteroatoms. The van der Waals surface area contributed by atoms with Crippen LogP contribution in [0.15, 0.2) is 24.3 Å². The van der Waals surface area contributed by atoms with Crippen LogP contribution in [-0.4, -0.2) is 52.3 Å². The molecule has 0 atom stereocenters. The monoisotopic (exact) mass is 318 g/mol. The summed E-state index contributed by atoms with van der Waals surface area (Å²) in [5, 5.41) is 14.6. The Morgan fingerprint density at radius 1 is 1.30 bits per heavy atom. The molecular weight excluding hydrogens is 300 g/mol. The molecule has 2 rings (SSSR count). The van der Waals surface area contributed by atoms with Gasteiger partial charge in [-0.3, -0.25) is 9.59 Å². The molecule has 1 aromatic carbocycles. The molecule has 1 aromatic heterocycles. The molecule has 0 aliphatic rings. The summed E-state index contributed by atoms with van der Waals surface area (Å²) in [7, 11) is 1.61. The number of benzene rings is 1. The first kappa shape index (κ1) is 16.6. The van der Waals surface area contributed by atoms with E-state index in [4.69, 9.17) is 10.5 Å². The molecule has 0 bridgehead atoms. The molecule has 0 fully saturated rings. The Morgan fingerprint density at radius 2 is 2.04 bits per heavy atom. The lowest BCUT2D eigenvalue weighted by Crippen LogP contribution is -2.29. The van der Waals surface area contributed by atoms with Gasteiger partial charge in [0.25, 0.3) is 0 Å². The summed E-state index contributed by atoms with van der Waals surface area (Å²) in [5.41, 5.74) is 6.26. The smallest absolute Gasteiger partial charge is 0.248 e. The predicted molar refractivity (Wildman–Crippen MR) is 81.3 cm³/mol. The Labute approximate surface area is 132 Å². The normalized spacial score (nSPS) is 10.5. The summed E-state index contributed by atoms with van der Waals surface area (Å²) >= 11 is 0. The minimum absolute atomic E-state index is 0.0145. The minimum Gasteiger partial charge on any atom is -0.385 e. The Balaban J connectivity index is 1.92. The first-order chi connectivity index (χ1) is 11.1. The zero-order valence-electron chi connectivity index (χ0n) is 12.7. The molecule has 0 unspecified atom stereocenters. The highest BCUT2D eigenvalue weighted by molar-refractivity contribution is 5.93. The highest BCUT2D eigenvalue weighted by atomic mass is 16.5. The van der Waals surface area contributed by atoms with Crippen molar-refractivity contribution < 1.29 is 14.3 Å². The molecule has 2 aromatic rings. The summed E-state index contributed by atoms with van der Waals surface area (Å²) in [5.74, 6) is -0.333. The number of carbonyl (C=O) groups excluding carboxylic acids is 2. The van der Waals surface area contributed by atoms with E-state index >= 15 is 0 Å². The van der Waals surface area contributed by atoms with E-state index in [-0.39, 0.29) is 12.5 Å². The van der Waals surface area contributed by atoms with Gasteiger partial charge in [0.15, 0.2) is 0 Å². The molecule has 122 valence electrons. The lowest BCUT2D eigenvalue weighted by Gasteiger charge is -2.03. The number of nitrogens with one attached hydrogen (secondary N) is 1. The molecular formula is C14H18N6O3. The van der Waals surface area contributed by atoms with Crippen LogP contribution in [0.5, 0.6) is 0 Å². The largest absolute Gasteiger partial charge is 0.385 e. The Bertz CT molecular complexity index is 667. The van der Waals surface area contributed by atoms with Crippen LogP contribution in [0.4, 0.5) is 0 Å². The molecule has 0 aliphatic carbocycles. The molecule has 1 heterocycles. The average molecular weight is 318 g/mol. The molecule has 0 saturated carbocycles. The molecule has 0 spiro atoms. The molecule has 2 amide bonds. The molecule has 23 heavy (non-hydrogen) atoms. The maximum absolute atomic E-state index is 11.7. The van der Waals surface area contributed by atoms with Crippen molar-refractivity contribution in [3.8, 4) is 11.4 Å². The van der Waals surface area contributed by atoms with Gasteiger partial charge < -0.3 is 15.8 Å². The van der Waals surface area contributed by atoms with Gasteiger partial charge in [-0.25, -0.2) is 0 Å². The van der Waals surface area contributed by atoms with E-state index in [0.717, 1.165) is 6.42 Å². The fourth-order valence-electron chi connectivity index (χ4n) is 1.84. The predicted octanol–water partition coefficient (Wildman–Crippen LogP) is -0.408. The van der Waals surface area contributed by atoms with Gasteiger partial charge in [0, 0.05) is 31.4 Å². The van der Waals surface area contributed by atoms with Gasteiger partial charge in [0.2, 0.25) is 17.6 Å². The molecule has 0 radical (unpaired) electrons. The van der Waals surface area contributed by atoms with Crippen LogP contribution in [0, 0.1) is 0 Å². The summed E-state index contributed by atoms with van der Waals surface area (Å²) in [6, 6.07) is 6.51. The number of nitrogens with zero attached hydrogens (tertiary/aromatic N) is 4. The van der Waals surface area contributed by atoms with Crippen LogP contribution in [-0.2, 0) is 16.1 Å². The summed E-state index contributed by atoms with van der Waals surface area (Å²) in [4.78, 5) is 23.9. The van der Waals surface area contributed by atoms with E-state index in [2.05, 4.69) is 20.7 Å². The van der Waals surface area contributed by atoms with Crippen LogP contribution in [0.1, 0.15) is 16.8 Å². The zero-order chi connectivity index (χ0) is 16.7. The van der Waals surface area contributed by atoms with E-state index in [1.165, 1.54) is 4.80 Å². The first-order valence-electron chi connectivity index (χ1n) is 7.04. The standard InChI is InChI=1S/C14H18N6O3/c1-23-8-2-7-16-12(21)9-20-18-14(17-19-20)11-5-3-10(4-6-11)13(15)22/h3-6H,2,7-9H2,1H3,(H2,15,22)(H,16,21). The van der Waals surface area contributed by atoms with Gasteiger partial charge in [0.05, 0.1) is 0 Å². The number of carbonyl (C=O) groups is 2. The van der Waals surface area contributed by atoms with Crippen molar-refractivity contribution >= 4 is 11.8 Å². The third kappa shape index (κ3) is 4.85. The van der Waals surface area contributed by atoms with Crippen molar-refractivity contribution in [3.63, 3.8) is 0 Å².